The summed E-state index contributed by atoms with van der Waals surface area (Å²) in [5.41, 5.74) is -1.11. The van der Waals surface area contributed by atoms with Crippen LogP contribution in [-0.4, -0.2) is 32.4 Å². The van der Waals surface area contributed by atoms with Crippen LogP contribution in [0.15, 0.2) is 36.9 Å². The third-order valence-corrected chi connectivity index (χ3v) is 3.90. The Kier molecular flexibility index (Phi) is 5.15. The molecular weight excluding hydrogens is 306 g/mol. The molecule has 1 aromatic heterocycles. The van der Waals surface area contributed by atoms with Crippen molar-refractivity contribution in [3.63, 3.8) is 0 Å². The molecule has 2 aromatic rings. The van der Waals surface area contributed by atoms with Crippen LogP contribution in [0.2, 0.25) is 5.02 Å². The number of halogens is 1. The number of nitrogens with zero attached hydrogens (tertiary/aromatic N) is 3. The van der Waals surface area contributed by atoms with E-state index in [1.807, 2.05) is 0 Å². The van der Waals surface area contributed by atoms with Crippen LogP contribution in [0.5, 0.6) is 0 Å². The number of aromatic nitrogens is 3. The van der Waals surface area contributed by atoms with E-state index in [9.17, 15) is 9.90 Å². The highest BCUT2D eigenvalue weighted by molar-refractivity contribution is 6.31. The monoisotopic (exact) mass is 323 g/mol. The molecule has 0 aliphatic heterocycles. The summed E-state index contributed by atoms with van der Waals surface area (Å²) in [7, 11) is 0. The molecule has 0 amide bonds. The van der Waals surface area contributed by atoms with E-state index >= 15 is 0 Å². The summed E-state index contributed by atoms with van der Waals surface area (Å²) in [4.78, 5) is 16.0. The predicted octanol–water partition coefficient (Wildman–Crippen LogP) is 2.02. The normalized spacial score (nSPS) is 15.1. The lowest BCUT2D eigenvalue weighted by Crippen LogP contribution is -2.43. The second-order valence-corrected chi connectivity index (χ2v) is 5.38. The van der Waals surface area contributed by atoms with Gasteiger partial charge in [-0.05, 0) is 19.9 Å². The highest BCUT2D eigenvalue weighted by Crippen LogP contribution is 2.36. The molecule has 0 spiro atoms. The lowest BCUT2D eigenvalue weighted by atomic mass is 9.82. The molecule has 0 radical (unpaired) electrons. The smallest absolute Gasteiger partial charge is 0.312 e. The van der Waals surface area contributed by atoms with Crippen molar-refractivity contribution in [2.45, 2.75) is 26.0 Å². The molecule has 1 aromatic carbocycles. The Morgan fingerprint density at radius 2 is 2.23 bits per heavy atom. The molecule has 0 aliphatic carbocycles. The van der Waals surface area contributed by atoms with E-state index in [2.05, 4.69) is 10.1 Å². The number of esters is 1. The Bertz CT molecular complexity index is 633. The molecule has 2 atom stereocenters. The first-order chi connectivity index (χ1) is 10.5. The van der Waals surface area contributed by atoms with Gasteiger partial charge in [0, 0.05) is 10.6 Å². The zero-order chi connectivity index (χ0) is 16.2. The molecule has 6 nitrogen and oxygen atoms in total. The van der Waals surface area contributed by atoms with Gasteiger partial charge in [-0.25, -0.2) is 9.67 Å². The zero-order valence-electron chi connectivity index (χ0n) is 12.4. The summed E-state index contributed by atoms with van der Waals surface area (Å²) in [5, 5.41) is 15.6. The summed E-state index contributed by atoms with van der Waals surface area (Å²) >= 11 is 6.22. The highest BCUT2D eigenvalue weighted by Gasteiger charge is 2.42. The fraction of sp³-hybridized carbons (Fsp3) is 0.400. The van der Waals surface area contributed by atoms with Crippen LogP contribution < -0.4 is 0 Å². The van der Waals surface area contributed by atoms with Crippen LogP contribution in [0.4, 0.5) is 0 Å². The van der Waals surface area contributed by atoms with Crippen molar-refractivity contribution in [3.05, 3.63) is 47.5 Å². The third-order valence-electron chi connectivity index (χ3n) is 3.57. The molecule has 22 heavy (non-hydrogen) atoms. The maximum Gasteiger partial charge on any atom is 0.312 e. The van der Waals surface area contributed by atoms with Crippen molar-refractivity contribution in [3.8, 4) is 0 Å². The summed E-state index contributed by atoms with van der Waals surface area (Å²) < 4.78 is 6.50. The minimum absolute atomic E-state index is 0.0384. The van der Waals surface area contributed by atoms with Gasteiger partial charge in [-0.1, -0.05) is 29.8 Å². The topological polar surface area (TPSA) is 77.2 Å². The molecule has 118 valence electrons. The van der Waals surface area contributed by atoms with Gasteiger partial charge in [0.05, 0.1) is 19.1 Å². The van der Waals surface area contributed by atoms with E-state index in [0.717, 1.165) is 0 Å². The van der Waals surface area contributed by atoms with Crippen LogP contribution in [0, 0.1) is 5.92 Å². The third kappa shape index (κ3) is 3.28. The van der Waals surface area contributed by atoms with E-state index in [-0.39, 0.29) is 13.2 Å². The van der Waals surface area contributed by atoms with Gasteiger partial charge in [0.2, 0.25) is 0 Å². The molecule has 1 heterocycles. The Balaban J connectivity index is 2.44. The summed E-state index contributed by atoms with van der Waals surface area (Å²) in [6.07, 6.45) is 2.84. The molecule has 0 bridgehead atoms. The second kappa shape index (κ2) is 6.89. The van der Waals surface area contributed by atoms with Gasteiger partial charge in [-0.3, -0.25) is 4.79 Å². The summed E-state index contributed by atoms with van der Waals surface area (Å²) in [6, 6.07) is 6.87. The first-order valence-corrected chi connectivity index (χ1v) is 7.33. The maximum atomic E-state index is 12.1. The quantitative estimate of drug-likeness (QED) is 0.823. The number of rotatable bonds is 6. The average Bonchev–Trinajstić information content (AvgIpc) is 2.99. The van der Waals surface area contributed by atoms with Crippen molar-refractivity contribution in [2.24, 2.45) is 5.92 Å². The molecular formula is C15H18ClN3O3. The molecule has 0 fully saturated rings. The van der Waals surface area contributed by atoms with E-state index in [4.69, 9.17) is 16.3 Å². The predicted molar refractivity (Wildman–Crippen MR) is 81.2 cm³/mol. The summed E-state index contributed by atoms with van der Waals surface area (Å²) in [5.74, 6) is -1.32. The molecule has 1 N–H and O–H groups in total. The standard InChI is InChI=1S/C15H18ClN3O3/c1-3-22-14(20)11(2)15(21,8-19-10-17-9-18-19)12-6-4-5-7-13(12)16/h4-7,9-11,21H,3,8H2,1-2H3. The fourth-order valence-electron chi connectivity index (χ4n) is 2.29. The molecule has 0 aliphatic rings. The van der Waals surface area contributed by atoms with Gasteiger partial charge in [0.25, 0.3) is 0 Å². The van der Waals surface area contributed by atoms with Crippen molar-refractivity contribution in [2.75, 3.05) is 6.61 Å². The first-order valence-electron chi connectivity index (χ1n) is 6.95. The van der Waals surface area contributed by atoms with Crippen molar-refractivity contribution < 1.29 is 14.6 Å². The molecule has 2 rings (SSSR count). The second-order valence-electron chi connectivity index (χ2n) is 4.97. The SMILES string of the molecule is CCOC(=O)C(C)C(O)(Cn1cncn1)c1ccccc1Cl. The van der Waals surface area contributed by atoms with Crippen LogP contribution in [0.3, 0.4) is 0 Å². The van der Waals surface area contributed by atoms with Gasteiger partial charge < -0.3 is 9.84 Å². The lowest BCUT2D eigenvalue weighted by Gasteiger charge is -2.33. The van der Waals surface area contributed by atoms with Gasteiger partial charge in [0.1, 0.15) is 18.3 Å². The number of carbonyl (C=O) groups is 1. The van der Waals surface area contributed by atoms with Crippen LogP contribution in [-0.2, 0) is 21.7 Å². The Morgan fingerprint density at radius 3 is 2.82 bits per heavy atom. The van der Waals surface area contributed by atoms with Crippen molar-refractivity contribution >= 4 is 17.6 Å². The lowest BCUT2D eigenvalue weighted by molar-refractivity contribution is -0.159. The van der Waals surface area contributed by atoms with Gasteiger partial charge >= 0.3 is 5.97 Å². The van der Waals surface area contributed by atoms with E-state index in [1.54, 1.807) is 38.1 Å². The Hall–Kier alpha value is -1.92. The average molecular weight is 324 g/mol. The number of aliphatic hydroxyl groups is 1. The van der Waals surface area contributed by atoms with Gasteiger partial charge in [-0.2, -0.15) is 5.10 Å². The molecule has 0 saturated heterocycles. The largest absolute Gasteiger partial charge is 0.466 e. The number of hydrogen-bond donors (Lipinski definition) is 1. The van der Waals surface area contributed by atoms with Crippen LogP contribution >= 0.6 is 11.6 Å². The van der Waals surface area contributed by atoms with Crippen LogP contribution in [0.25, 0.3) is 0 Å². The number of carbonyl (C=O) groups excluding carboxylic acids is 1. The van der Waals surface area contributed by atoms with Gasteiger partial charge in [0.15, 0.2) is 0 Å². The Morgan fingerprint density at radius 1 is 1.50 bits per heavy atom. The first kappa shape index (κ1) is 16.5. The minimum atomic E-state index is -1.56. The molecule has 2 unspecified atom stereocenters. The fourth-order valence-corrected chi connectivity index (χ4v) is 2.59. The number of benzene rings is 1. The van der Waals surface area contributed by atoms with Gasteiger partial charge in [-0.15, -0.1) is 0 Å². The minimum Gasteiger partial charge on any atom is -0.466 e. The zero-order valence-corrected chi connectivity index (χ0v) is 13.2. The van der Waals surface area contributed by atoms with Crippen molar-refractivity contribution in [1.82, 2.24) is 14.8 Å². The van der Waals surface area contributed by atoms with E-state index < -0.39 is 17.5 Å². The molecule has 0 saturated carbocycles. The number of hydrogen-bond acceptors (Lipinski definition) is 5. The van der Waals surface area contributed by atoms with E-state index in [0.29, 0.717) is 10.6 Å². The van der Waals surface area contributed by atoms with Crippen molar-refractivity contribution in [1.29, 1.82) is 0 Å². The number of ether oxygens (including phenoxy) is 1. The maximum absolute atomic E-state index is 12.1. The molecule has 7 heteroatoms. The Labute approximate surface area is 133 Å². The van der Waals surface area contributed by atoms with E-state index in [1.165, 1.54) is 17.3 Å². The highest BCUT2D eigenvalue weighted by atomic mass is 35.5. The summed E-state index contributed by atoms with van der Waals surface area (Å²) in [6.45, 7) is 3.61. The van der Waals surface area contributed by atoms with Crippen LogP contribution in [0.1, 0.15) is 19.4 Å².